The molecule has 1 aromatic heterocycles. The molecule has 1 aliphatic heterocycles. The van der Waals surface area contributed by atoms with Crippen molar-refractivity contribution in [2.75, 3.05) is 17.2 Å². The summed E-state index contributed by atoms with van der Waals surface area (Å²) < 4.78 is 0. The number of nitrogens with two attached hydrogens (primary N) is 1. The molecule has 4 heteroatoms. The van der Waals surface area contributed by atoms with Crippen LogP contribution in [-0.4, -0.2) is 11.5 Å². The smallest absolute Gasteiger partial charge is 0.147 e. The van der Waals surface area contributed by atoms with Gasteiger partial charge in [-0.1, -0.05) is 6.07 Å². The van der Waals surface area contributed by atoms with Crippen LogP contribution in [0.1, 0.15) is 22.3 Å². The third kappa shape index (κ3) is 2.08. The standard InChI is InChI=1S/C16H16N4/c1-11-4-6-19-16(15(11)9-17)20-7-5-12-2-3-14(18)8-13(12)10-20/h2-4,6,8H,5,7,10,18H2,1H3. The second-order valence-electron chi connectivity index (χ2n) is 5.14. The minimum absolute atomic E-state index is 0.667. The third-order valence-corrected chi connectivity index (χ3v) is 3.79. The number of pyridine rings is 1. The van der Waals surface area contributed by atoms with Crippen molar-refractivity contribution in [3.63, 3.8) is 0 Å². The fourth-order valence-corrected chi connectivity index (χ4v) is 2.68. The average molecular weight is 264 g/mol. The predicted molar refractivity (Wildman–Crippen MR) is 79.3 cm³/mol. The summed E-state index contributed by atoms with van der Waals surface area (Å²) in [5.74, 6) is 0.778. The summed E-state index contributed by atoms with van der Waals surface area (Å²) in [6, 6.07) is 10.2. The van der Waals surface area contributed by atoms with Crippen LogP contribution in [0, 0.1) is 18.3 Å². The molecule has 0 radical (unpaired) electrons. The second kappa shape index (κ2) is 4.86. The minimum atomic E-state index is 0.667. The highest BCUT2D eigenvalue weighted by molar-refractivity contribution is 5.59. The van der Waals surface area contributed by atoms with Gasteiger partial charge in [0.1, 0.15) is 11.9 Å². The zero-order valence-corrected chi connectivity index (χ0v) is 11.4. The molecule has 20 heavy (non-hydrogen) atoms. The number of nitriles is 1. The Morgan fingerprint density at radius 3 is 2.95 bits per heavy atom. The third-order valence-electron chi connectivity index (χ3n) is 3.79. The van der Waals surface area contributed by atoms with E-state index in [1.807, 2.05) is 25.1 Å². The first-order valence-corrected chi connectivity index (χ1v) is 6.67. The molecule has 0 unspecified atom stereocenters. The van der Waals surface area contributed by atoms with E-state index >= 15 is 0 Å². The van der Waals surface area contributed by atoms with Gasteiger partial charge in [0.15, 0.2) is 0 Å². The fraction of sp³-hybridized carbons (Fsp3) is 0.250. The summed E-state index contributed by atoms with van der Waals surface area (Å²) in [4.78, 5) is 6.56. The van der Waals surface area contributed by atoms with Crippen molar-refractivity contribution in [2.45, 2.75) is 19.9 Å². The molecule has 3 rings (SSSR count). The SMILES string of the molecule is Cc1ccnc(N2CCc3ccc(N)cc3C2)c1C#N. The molecule has 0 saturated carbocycles. The molecule has 0 atom stereocenters. The van der Waals surface area contributed by atoms with E-state index in [0.29, 0.717) is 5.56 Å². The highest BCUT2D eigenvalue weighted by atomic mass is 15.2. The molecule has 0 spiro atoms. The largest absolute Gasteiger partial charge is 0.399 e. The first kappa shape index (κ1) is 12.5. The molecule has 0 amide bonds. The summed E-state index contributed by atoms with van der Waals surface area (Å²) in [7, 11) is 0. The Labute approximate surface area is 118 Å². The number of fused-ring (bicyclic) bond motifs is 1. The molecular formula is C16H16N4. The fourth-order valence-electron chi connectivity index (χ4n) is 2.68. The predicted octanol–water partition coefficient (Wildman–Crippen LogP) is 2.41. The number of nitrogens with zero attached hydrogens (tertiary/aromatic N) is 3. The minimum Gasteiger partial charge on any atom is -0.399 e. The normalized spacial score (nSPS) is 13.7. The molecule has 2 heterocycles. The van der Waals surface area contributed by atoms with Gasteiger partial charge < -0.3 is 10.6 Å². The van der Waals surface area contributed by atoms with E-state index in [1.54, 1.807) is 6.20 Å². The molecule has 2 aromatic rings. The highest BCUT2D eigenvalue weighted by Crippen LogP contribution is 2.27. The molecule has 0 aliphatic carbocycles. The molecule has 0 saturated heterocycles. The number of aromatic nitrogens is 1. The molecule has 0 fully saturated rings. The van der Waals surface area contributed by atoms with Gasteiger partial charge in [0.25, 0.3) is 0 Å². The van der Waals surface area contributed by atoms with Crippen LogP contribution in [-0.2, 0) is 13.0 Å². The van der Waals surface area contributed by atoms with Crippen LogP contribution >= 0.6 is 0 Å². The monoisotopic (exact) mass is 264 g/mol. The Morgan fingerprint density at radius 2 is 2.15 bits per heavy atom. The Morgan fingerprint density at radius 1 is 1.30 bits per heavy atom. The maximum absolute atomic E-state index is 9.33. The molecule has 4 nitrogen and oxygen atoms in total. The van der Waals surface area contributed by atoms with Crippen LogP contribution < -0.4 is 10.6 Å². The quantitative estimate of drug-likeness (QED) is 0.803. The van der Waals surface area contributed by atoms with Crippen molar-refractivity contribution in [2.24, 2.45) is 0 Å². The summed E-state index contributed by atoms with van der Waals surface area (Å²) >= 11 is 0. The van der Waals surface area contributed by atoms with Crippen molar-refractivity contribution in [3.8, 4) is 6.07 Å². The van der Waals surface area contributed by atoms with Crippen LogP contribution in [0.4, 0.5) is 11.5 Å². The average Bonchev–Trinajstić information content (AvgIpc) is 2.46. The lowest BCUT2D eigenvalue weighted by Gasteiger charge is -2.30. The zero-order chi connectivity index (χ0) is 14.1. The van der Waals surface area contributed by atoms with Crippen LogP contribution in [0.3, 0.4) is 0 Å². The lowest BCUT2D eigenvalue weighted by Crippen LogP contribution is -2.31. The van der Waals surface area contributed by atoms with Gasteiger partial charge in [-0.3, -0.25) is 0 Å². The van der Waals surface area contributed by atoms with E-state index in [4.69, 9.17) is 5.73 Å². The number of nitrogen functional groups attached to an aromatic ring is 1. The van der Waals surface area contributed by atoms with Gasteiger partial charge in [-0.05, 0) is 48.2 Å². The van der Waals surface area contributed by atoms with Gasteiger partial charge in [0.2, 0.25) is 0 Å². The summed E-state index contributed by atoms with van der Waals surface area (Å²) in [6.07, 6.45) is 2.72. The molecule has 1 aliphatic rings. The van der Waals surface area contributed by atoms with Crippen molar-refractivity contribution in [1.82, 2.24) is 4.98 Å². The highest BCUT2D eigenvalue weighted by Gasteiger charge is 2.20. The van der Waals surface area contributed by atoms with E-state index in [0.717, 1.165) is 36.6 Å². The number of aryl methyl sites for hydroxylation is 1. The first-order valence-electron chi connectivity index (χ1n) is 6.67. The summed E-state index contributed by atoms with van der Waals surface area (Å²) in [5, 5.41) is 9.33. The van der Waals surface area contributed by atoms with Gasteiger partial charge in [0.05, 0.1) is 5.56 Å². The zero-order valence-electron chi connectivity index (χ0n) is 11.4. The molecule has 2 N–H and O–H groups in total. The van der Waals surface area contributed by atoms with Crippen LogP contribution in [0.2, 0.25) is 0 Å². The lowest BCUT2D eigenvalue weighted by atomic mass is 9.98. The number of anilines is 2. The van der Waals surface area contributed by atoms with Crippen molar-refractivity contribution in [3.05, 3.63) is 52.7 Å². The van der Waals surface area contributed by atoms with Gasteiger partial charge in [0, 0.05) is 25.0 Å². The Bertz CT molecular complexity index is 700. The molecule has 1 aromatic carbocycles. The Kier molecular flexibility index (Phi) is 3.03. The lowest BCUT2D eigenvalue weighted by molar-refractivity contribution is 0.719. The first-order chi connectivity index (χ1) is 9.69. The topological polar surface area (TPSA) is 65.9 Å². The van der Waals surface area contributed by atoms with E-state index < -0.39 is 0 Å². The second-order valence-corrected chi connectivity index (χ2v) is 5.14. The molecule has 0 bridgehead atoms. The van der Waals surface area contributed by atoms with E-state index in [-0.39, 0.29) is 0 Å². The number of benzene rings is 1. The van der Waals surface area contributed by atoms with Crippen molar-refractivity contribution < 1.29 is 0 Å². The Balaban J connectivity index is 1.99. The van der Waals surface area contributed by atoms with Gasteiger partial charge in [-0.15, -0.1) is 0 Å². The van der Waals surface area contributed by atoms with Crippen molar-refractivity contribution >= 4 is 11.5 Å². The summed E-state index contributed by atoms with van der Waals surface area (Å²) in [6.45, 7) is 3.58. The number of hydrogen-bond acceptors (Lipinski definition) is 4. The number of hydrogen-bond donors (Lipinski definition) is 1. The van der Waals surface area contributed by atoms with Gasteiger partial charge in [-0.25, -0.2) is 4.98 Å². The van der Waals surface area contributed by atoms with Crippen LogP contribution in [0.5, 0.6) is 0 Å². The van der Waals surface area contributed by atoms with Crippen molar-refractivity contribution in [1.29, 1.82) is 5.26 Å². The summed E-state index contributed by atoms with van der Waals surface area (Å²) in [5.41, 5.74) is 10.8. The van der Waals surface area contributed by atoms with E-state index in [1.165, 1.54) is 11.1 Å². The van der Waals surface area contributed by atoms with E-state index in [9.17, 15) is 5.26 Å². The molecular weight excluding hydrogens is 248 g/mol. The van der Waals surface area contributed by atoms with Crippen LogP contribution in [0.15, 0.2) is 30.5 Å². The maximum Gasteiger partial charge on any atom is 0.147 e. The molecule has 100 valence electrons. The van der Waals surface area contributed by atoms with Gasteiger partial charge >= 0.3 is 0 Å². The Hall–Kier alpha value is -2.54. The van der Waals surface area contributed by atoms with Crippen LogP contribution in [0.25, 0.3) is 0 Å². The number of rotatable bonds is 1. The maximum atomic E-state index is 9.33. The van der Waals surface area contributed by atoms with E-state index in [2.05, 4.69) is 22.0 Å². The van der Waals surface area contributed by atoms with Gasteiger partial charge in [-0.2, -0.15) is 5.26 Å².